The van der Waals surface area contributed by atoms with Crippen molar-refractivity contribution in [3.05, 3.63) is 57.6 Å². The van der Waals surface area contributed by atoms with Gasteiger partial charge in [-0.05, 0) is 50.1 Å². The molecule has 126 valence electrons. The van der Waals surface area contributed by atoms with Gasteiger partial charge in [-0.25, -0.2) is 0 Å². The number of oxime groups is 1. The highest BCUT2D eigenvalue weighted by molar-refractivity contribution is 9.10. The Kier molecular flexibility index (Phi) is 4.54. The molecule has 0 aliphatic carbocycles. The lowest BCUT2D eigenvalue weighted by Gasteiger charge is -2.33. The van der Waals surface area contributed by atoms with Gasteiger partial charge in [0.15, 0.2) is 0 Å². The van der Waals surface area contributed by atoms with Gasteiger partial charge < -0.3 is 14.7 Å². The Labute approximate surface area is 150 Å². The Morgan fingerprint density at radius 1 is 1.25 bits per heavy atom. The molecule has 24 heavy (non-hydrogen) atoms. The third kappa shape index (κ3) is 3.56. The molecule has 2 aromatic rings. The van der Waals surface area contributed by atoms with Gasteiger partial charge in [-0.1, -0.05) is 33.2 Å². The Morgan fingerprint density at radius 2 is 1.96 bits per heavy atom. The lowest BCUT2D eigenvalue weighted by Crippen LogP contribution is -2.36. The maximum absolute atomic E-state index is 9.34. The van der Waals surface area contributed by atoms with Crippen molar-refractivity contribution in [1.82, 2.24) is 0 Å². The van der Waals surface area contributed by atoms with E-state index in [2.05, 4.69) is 21.1 Å². The van der Waals surface area contributed by atoms with Gasteiger partial charge >= 0.3 is 0 Å². The highest BCUT2D eigenvalue weighted by Crippen LogP contribution is 2.38. The number of hydrogen-bond acceptors (Lipinski definition) is 4. The van der Waals surface area contributed by atoms with Crippen LogP contribution in [0.2, 0.25) is 0 Å². The minimum absolute atomic E-state index is 0.411. The summed E-state index contributed by atoms with van der Waals surface area (Å²) in [5.41, 5.74) is 3.16. The summed E-state index contributed by atoms with van der Waals surface area (Å²) in [6.45, 7) is 6.41. The second-order valence-corrected chi connectivity index (χ2v) is 7.53. The molecule has 1 N–H and O–H groups in total. The zero-order valence-corrected chi connectivity index (χ0v) is 15.6. The Morgan fingerprint density at radius 3 is 2.62 bits per heavy atom. The molecule has 0 spiro atoms. The molecule has 1 aliphatic heterocycles. The van der Waals surface area contributed by atoms with Gasteiger partial charge in [-0.3, -0.25) is 0 Å². The van der Waals surface area contributed by atoms with Crippen LogP contribution in [0.4, 0.5) is 0 Å². The van der Waals surface area contributed by atoms with Crippen molar-refractivity contribution in [2.45, 2.75) is 39.4 Å². The SMILES string of the molecule is Cc1cc(OCc2ccc(Br)cc2)cc2c1C(=NO)CC(C)(C)O2. The number of aryl methyl sites for hydroxylation is 1. The molecule has 0 bridgehead atoms. The number of rotatable bonds is 3. The van der Waals surface area contributed by atoms with E-state index >= 15 is 0 Å². The zero-order valence-electron chi connectivity index (χ0n) is 14.0. The van der Waals surface area contributed by atoms with Crippen LogP contribution in [-0.2, 0) is 6.61 Å². The van der Waals surface area contributed by atoms with Crippen molar-refractivity contribution in [3.8, 4) is 11.5 Å². The van der Waals surface area contributed by atoms with Crippen molar-refractivity contribution in [2.75, 3.05) is 0 Å². The molecule has 1 heterocycles. The Balaban J connectivity index is 1.86. The molecule has 2 aromatic carbocycles. The average molecular weight is 390 g/mol. The number of fused-ring (bicyclic) bond motifs is 1. The van der Waals surface area contributed by atoms with Gasteiger partial charge in [0, 0.05) is 22.5 Å². The van der Waals surface area contributed by atoms with E-state index in [1.807, 2.05) is 57.2 Å². The number of benzene rings is 2. The van der Waals surface area contributed by atoms with Gasteiger partial charge in [-0.15, -0.1) is 0 Å². The minimum atomic E-state index is -0.411. The molecule has 0 saturated heterocycles. The monoisotopic (exact) mass is 389 g/mol. The van der Waals surface area contributed by atoms with Gasteiger partial charge in [0.05, 0.1) is 5.71 Å². The number of halogens is 1. The second kappa shape index (κ2) is 6.48. The van der Waals surface area contributed by atoms with Crippen LogP contribution in [0.25, 0.3) is 0 Å². The third-order valence-electron chi connectivity index (χ3n) is 3.98. The molecule has 0 radical (unpaired) electrons. The van der Waals surface area contributed by atoms with E-state index in [9.17, 15) is 5.21 Å². The van der Waals surface area contributed by atoms with Crippen LogP contribution >= 0.6 is 15.9 Å². The highest BCUT2D eigenvalue weighted by Gasteiger charge is 2.33. The molecule has 0 fully saturated rings. The Bertz CT molecular complexity index is 782. The maximum atomic E-state index is 9.34. The first-order valence-corrected chi connectivity index (χ1v) is 8.59. The molecule has 0 amide bonds. The molecule has 5 heteroatoms. The molecule has 1 aliphatic rings. The van der Waals surface area contributed by atoms with Crippen LogP contribution < -0.4 is 9.47 Å². The molecule has 0 aromatic heterocycles. The normalized spacial score (nSPS) is 17.2. The van der Waals surface area contributed by atoms with Gasteiger partial charge in [0.25, 0.3) is 0 Å². The predicted octanol–water partition coefficient (Wildman–Crippen LogP) is 5.08. The molecular weight excluding hydrogens is 370 g/mol. The van der Waals surface area contributed by atoms with E-state index in [1.54, 1.807) is 0 Å². The highest BCUT2D eigenvalue weighted by atomic mass is 79.9. The van der Waals surface area contributed by atoms with Crippen molar-refractivity contribution in [2.24, 2.45) is 5.16 Å². The number of hydrogen-bond donors (Lipinski definition) is 1. The summed E-state index contributed by atoms with van der Waals surface area (Å²) in [4.78, 5) is 0. The summed E-state index contributed by atoms with van der Waals surface area (Å²) in [5, 5.41) is 12.8. The summed E-state index contributed by atoms with van der Waals surface area (Å²) in [5.74, 6) is 1.44. The lowest BCUT2D eigenvalue weighted by molar-refractivity contribution is 0.109. The van der Waals surface area contributed by atoms with Crippen LogP contribution in [0, 0.1) is 6.92 Å². The van der Waals surface area contributed by atoms with Gasteiger partial charge in [-0.2, -0.15) is 0 Å². The maximum Gasteiger partial charge on any atom is 0.133 e. The smallest absolute Gasteiger partial charge is 0.133 e. The standard InChI is InChI=1S/C19H20BrNO3/c1-12-8-15(23-11-13-4-6-14(20)7-5-13)9-17-18(12)16(21-22)10-19(2,3)24-17/h4-9,22H,10-11H2,1-3H3. The zero-order chi connectivity index (χ0) is 17.3. The first-order chi connectivity index (χ1) is 11.4. The topological polar surface area (TPSA) is 51.0 Å². The summed E-state index contributed by atoms with van der Waals surface area (Å²) in [6.07, 6.45) is 0.566. The quantitative estimate of drug-likeness (QED) is 0.588. The first kappa shape index (κ1) is 16.8. The second-order valence-electron chi connectivity index (χ2n) is 6.61. The van der Waals surface area contributed by atoms with E-state index in [-0.39, 0.29) is 0 Å². The third-order valence-corrected chi connectivity index (χ3v) is 4.51. The van der Waals surface area contributed by atoms with E-state index in [0.717, 1.165) is 26.9 Å². The lowest BCUT2D eigenvalue weighted by atomic mass is 9.90. The fraction of sp³-hybridized carbons (Fsp3) is 0.316. The van der Waals surface area contributed by atoms with Crippen molar-refractivity contribution < 1.29 is 14.7 Å². The van der Waals surface area contributed by atoms with Crippen LogP contribution in [0.5, 0.6) is 11.5 Å². The van der Waals surface area contributed by atoms with Crippen molar-refractivity contribution in [3.63, 3.8) is 0 Å². The number of ether oxygens (including phenoxy) is 2. The van der Waals surface area contributed by atoms with Crippen LogP contribution in [0.1, 0.15) is 37.0 Å². The fourth-order valence-electron chi connectivity index (χ4n) is 2.91. The predicted molar refractivity (Wildman–Crippen MR) is 97.3 cm³/mol. The van der Waals surface area contributed by atoms with Crippen LogP contribution in [0.3, 0.4) is 0 Å². The molecule has 4 nitrogen and oxygen atoms in total. The van der Waals surface area contributed by atoms with Crippen LogP contribution in [-0.4, -0.2) is 16.5 Å². The van der Waals surface area contributed by atoms with Crippen molar-refractivity contribution in [1.29, 1.82) is 0 Å². The molecule has 0 saturated carbocycles. The average Bonchev–Trinajstić information content (AvgIpc) is 2.52. The molecule has 3 rings (SSSR count). The van der Waals surface area contributed by atoms with Gasteiger partial charge in [0.2, 0.25) is 0 Å². The first-order valence-electron chi connectivity index (χ1n) is 7.80. The largest absolute Gasteiger partial charge is 0.489 e. The summed E-state index contributed by atoms with van der Waals surface area (Å²) in [7, 11) is 0. The van der Waals surface area contributed by atoms with E-state index < -0.39 is 5.60 Å². The summed E-state index contributed by atoms with van der Waals surface area (Å²) < 4.78 is 13.0. The molecule has 0 unspecified atom stereocenters. The van der Waals surface area contributed by atoms with Gasteiger partial charge in [0.1, 0.15) is 23.7 Å². The van der Waals surface area contributed by atoms with E-state index in [1.165, 1.54) is 0 Å². The molecule has 0 atom stereocenters. The summed E-state index contributed by atoms with van der Waals surface area (Å²) in [6, 6.07) is 11.8. The fourth-order valence-corrected chi connectivity index (χ4v) is 3.18. The molecular formula is C19H20BrNO3. The van der Waals surface area contributed by atoms with E-state index in [0.29, 0.717) is 24.5 Å². The minimum Gasteiger partial charge on any atom is -0.489 e. The van der Waals surface area contributed by atoms with Crippen molar-refractivity contribution >= 4 is 21.6 Å². The number of nitrogens with zero attached hydrogens (tertiary/aromatic N) is 1. The van der Waals surface area contributed by atoms with E-state index in [4.69, 9.17) is 9.47 Å². The van der Waals surface area contributed by atoms with Crippen LogP contribution in [0.15, 0.2) is 46.0 Å². The summed E-state index contributed by atoms with van der Waals surface area (Å²) >= 11 is 3.43. The Hall–Kier alpha value is -2.01.